The predicted octanol–water partition coefficient (Wildman–Crippen LogP) is 0.998. The lowest BCUT2D eigenvalue weighted by atomic mass is 9.90. The second kappa shape index (κ2) is 5.50. The summed E-state index contributed by atoms with van der Waals surface area (Å²) in [4.78, 5) is 26.5. The summed E-state index contributed by atoms with van der Waals surface area (Å²) < 4.78 is 1.79. The van der Waals surface area contributed by atoms with Gasteiger partial charge in [0, 0.05) is 7.05 Å². The Bertz CT molecular complexity index is 566. The summed E-state index contributed by atoms with van der Waals surface area (Å²) in [5.74, 6) is -0.131. The van der Waals surface area contributed by atoms with Crippen molar-refractivity contribution in [2.24, 2.45) is 7.05 Å². The third-order valence-corrected chi connectivity index (χ3v) is 4.47. The molecule has 21 heavy (non-hydrogen) atoms. The average molecular weight is 292 g/mol. The summed E-state index contributed by atoms with van der Waals surface area (Å²) in [6.07, 6.45) is 1.43. The maximum atomic E-state index is 12.5. The summed E-state index contributed by atoms with van der Waals surface area (Å²) >= 11 is 0. The SMILES string of the molecule is CCc1cc(CN2C(=O)C(C)NC(=O)C2(C)CC)n(C)n1. The van der Waals surface area contributed by atoms with E-state index in [0.717, 1.165) is 17.8 Å². The number of piperazine rings is 1. The second-order valence-corrected chi connectivity index (χ2v) is 5.85. The first-order valence-corrected chi connectivity index (χ1v) is 7.47. The number of nitrogens with one attached hydrogen (secondary N) is 1. The molecule has 1 N–H and O–H groups in total. The normalized spacial score (nSPS) is 26.1. The first-order chi connectivity index (χ1) is 9.83. The highest BCUT2D eigenvalue weighted by atomic mass is 16.2. The van der Waals surface area contributed by atoms with Crippen molar-refractivity contribution in [2.75, 3.05) is 0 Å². The number of hydrogen-bond acceptors (Lipinski definition) is 3. The van der Waals surface area contributed by atoms with Gasteiger partial charge in [-0.15, -0.1) is 0 Å². The molecule has 1 aromatic heterocycles. The van der Waals surface area contributed by atoms with Gasteiger partial charge in [-0.05, 0) is 32.8 Å². The lowest BCUT2D eigenvalue weighted by Crippen LogP contribution is -2.68. The van der Waals surface area contributed by atoms with Crippen LogP contribution in [0, 0.1) is 0 Å². The molecule has 116 valence electrons. The number of amides is 2. The maximum Gasteiger partial charge on any atom is 0.246 e. The molecule has 0 saturated carbocycles. The first kappa shape index (κ1) is 15.5. The van der Waals surface area contributed by atoms with Gasteiger partial charge in [-0.2, -0.15) is 5.10 Å². The monoisotopic (exact) mass is 292 g/mol. The van der Waals surface area contributed by atoms with Crippen LogP contribution in [0.25, 0.3) is 0 Å². The van der Waals surface area contributed by atoms with Gasteiger partial charge in [-0.25, -0.2) is 0 Å². The van der Waals surface area contributed by atoms with Gasteiger partial charge in [-0.1, -0.05) is 13.8 Å². The molecule has 2 atom stereocenters. The first-order valence-electron chi connectivity index (χ1n) is 7.47. The van der Waals surface area contributed by atoms with Crippen LogP contribution in [0.2, 0.25) is 0 Å². The Morgan fingerprint density at radius 3 is 2.57 bits per heavy atom. The van der Waals surface area contributed by atoms with E-state index in [-0.39, 0.29) is 11.8 Å². The minimum Gasteiger partial charge on any atom is -0.343 e. The lowest BCUT2D eigenvalue weighted by molar-refractivity contribution is -0.157. The van der Waals surface area contributed by atoms with E-state index < -0.39 is 11.6 Å². The molecule has 2 unspecified atom stereocenters. The quantitative estimate of drug-likeness (QED) is 0.900. The van der Waals surface area contributed by atoms with Crippen LogP contribution in [0.15, 0.2) is 6.07 Å². The van der Waals surface area contributed by atoms with Gasteiger partial charge in [0.15, 0.2) is 0 Å². The van der Waals surface area contributed by atoms with Crippen LogP contribution in [0.5, 0.6) is 0 Å². The van der Waals surface area contributed by atoms with Crippen molar-refractivity contribution in [1.82, 2.24) is 20.0 Å². The highest BCUT2D eigenvalue weighted by molar-refractivity contribution is 5.99. The number of aryl methyl sites for hydroxylation is 2. The molecule has 0 aliphatic carbocycles. The number of nitrogens with zero attached hydrogens (tertiary/aromatic N) is 3. The van der Waals surface area contributed by atoms with Crippen LogP contribution in [0.4, 0.5) is 0 Å². The van der Waals surface area contributed by atoms with E-state index in [1.807, 2.05) is 33.9 Å². The minimum atomic E-state index is -0.805. The average Bonchev–Trinajstić information content (AvgIpc) is 2.82. The smallest absolute Gasteiger partial charge is 0.246 e. The summed E-state index contributed by atoms with van der Waals surface area (Å²) in [5.41, 5.74) is 1.13. The van der Waals surface area contributed by atoms with Crippen molar-refractivity contribution in [3.05, 3.63) is 17.5 Å². The van der Waals surface area contributed by atoms with Gasteiger partial charge >= 0.3 is 0 Å². The van der Waals surface area contributed by atoms with Crippen molar-refractivity contribution in [3.8, 4) is 0 Å². The fourth-order valence-corrected chi connectivity index (χ4v) is 2.67. The van der Waals surface area contributed by atoms with Crippen LogP contribution < -0.4 is 5.32 Å². The fourth-order valence-electron chi connectivity index (χ4n) is 2.67. The molecule has 1 saturated heterocycles. The summed E-state index contributed by atoms with van der Waals surface area (Å²) in [7, 11) is 1.87. The topological polar surface area (TPSA) is 67.2 Å². The van der Waals surface area contributed by atoms with E-state index in [0.29, 0.717) is 13.0 Å². The second-order valence-electron chi connectivity index (χ2n) is 5.85. The molecule has 0 aromatic carbocycles. The molecule has 2 rings (SSSR count). The van der Waals surface area contributed by atoms with Crippen LogP contribution >= 0.6 is 0 Å². The lowest BCUT2D eigenvalue weighted by Gasteiger charge is -2.45. The minimum absolute atomic E-state index is 0.0433. The summed E-state index contributed by atoms with van der Waals surface area (Å²) in [6, 6.07) is 1.52. The fraction of sp³-hybridized carbons (Fsp3) is 0.667. The Morgan fingerprint density at radius 1 is 1.38 bits per heavy atom. The Hall–Kier alpha value is -1.85. The Balaban J connectivity index is 2.35. The van der Waals surface area contributed by atoms with Crippen molar-refractivity contribution < 1.29 is 9.59 Å². The summed E-state index contributed by atoms with van der Waals surface area (Å²) in [6.45, 7) is 7.93. The van der Waals surface area contributed by atoms with Crippen molar-refractivity contribution in [1.29, 1.82) is 0 Å². The zero-order chi connectivity index (χ0) is 15.8. The third kappa shape index (κ3) is 2.54. The van der Waals surface area contributed by atoms with E-state index in [1.165, 1.54) is 0 Å². The molecule has 1 aliphatic rings. The van der Waals surface area contributed by atoms with Gasteiger partial charge < -0.3 is 10.2 Å². The number of carbonyl (C=O) groups is 2. The maximum absolute atomic E-state index is 12.5. The van der Waals surface area contributed by atoms with Crippen molar-refractivity contribution >= 4 is 11.8 Å². The Labute approximate surface area is 125 Å². The summed E-state index contributed by atoms with van der Waals surface area (Å²) in [5, 5.41) is 7.17. The van der Waals surface area contributed by atoms with Crippen molar-refractivity contribution in [3.63, 3.8) is 0 Å². The number of aromatic nitrogens is 2. The molecule has 1 aromatic rings. The highest BCUT2D eigenvalue weighted by Gasteiger charge is 2.47. The molecule has 1 fully saturated rings. The van der Waals surface area contributed by atoms with E-state index in [2.05, 4.69) is 10.4 Å². The van der Waals surface area contributed by atoms with Crippen LogP contribution in [-0.4, -0.2) is 38.1 Å². The molecule has 6 heteroatoms. The molecule has 0 radical (unpaired) electrons. The van der Waals surface area contributed by atoms with Crippen molar-refractivity contribution in [2.45, 2.75) is 58.7 Å². The van der Waals surface area contributed by atoms with Gasteiger partial charge in [0.05, 0.1) is 17.9 Å². The molecule has 2 heterocycles. The molecule has 2 amide bonds. The number of rotatable bonds is 4. The number of hydrogen-bond donors (Lipinski definition) is 1. The van der Waals surface area contributed by atoms with Crippen LogP contribution in [-0.2, 0) is 29.6 Å². The largest absolute Gasteiger partial charge is 0.343 e. The molecule has 0 spiro atoms. The Morgan fingerprint density at radius 2 is 2.05 bits per heavy atom. The zero-order valence-corrected chi connectivity index (χ0v) is 13.4. The molecular weight excluding hydrogens is 268 g/mol. The molecule has 0 bridgehead atoms. The predicted molar refractivity (Wildman–Crippen MR) is 79.4 cm³/mol. The zero-order valence-electron chi connectivity index (χ0n) is 13.4. The van der Waals surface area contributed by atoms with Gasteiger partial charge in [0.2, 0.25) is 11.8 Å². The standard InChI is InChI=1S/C15H24N4O2/c1-6-11-8-12(18(5)17-11)9-19-13(20)10(3)16-14(21)15(19,4)7-2/h8,10H,6-7,9H2,1-5H3,(H,16,21). The molecule has 6 nitrogen and oxygen atoms in total. The Kier molecular flexibility index (Phi) is 4.07. The third-order valence-electron chi connectivity index (χ3n) is 4.47. The van der Waals surface area contributed by atoms with Gasteiger partial charge in [0.1, 0.15) is 11.6 Å². The van der Waals surface area contributed by atoms with E-state index >= 15 is 0 Å². The molecule has 1 aliphatic heterocycles. The van der Waals surface area contributed by atoms with Crippen LogP contribution in [0.1, 0.15) is 45.5 Å². The van der Waals surface area contributed by atoms with E-state index in [9.17, 15) is 9.59 Å². The molecular formula is C15H24N4O2. The van der Waals surface area contributed by atoms with E-state index in [4.69, 9.17) is 0 Å². The van der Waals surface area contributed by atoms with Gasteiger partial charge in [0.25, 0.3) is 0 Å². The van der Waals surface area contributed by atoms with E-state index in [1.54, 1.807) is 16.5 Å². The van der Waals surface area contributed by atoms with Gasteiger partial charge in [-0.3, -0.25) is 14.3 Å². The van der Waals surface area contributed by atoms with Crippen LogP contribution in [0.3, 0.4) is 0 Å². The highest BCUT2D eigenvalue weighted by Crippen LogP contribution is 2.27. The number of carbonyl (C=O) groups excluding carboxylic acids is 2.